The number of hydrogen-bond acceptors (Lipinski definition) is 6. The van der Waals surface area contributed by atoms with Crippen LogP contribution in [-0.2, 0) is 31.8 Å². The number of halogens is 3. The highest BCUT2D eigenvalue weighted by Crippen LogP contribution is 2.39. The average Bonchev–Trinajstić information content (AvgIpc) is 3.58. The summed E-state index contributed by atoms with van der Waals surface area (Å²) in [6, 6.07) is 19.9. The van der Waals surface area contributed by atoms with E-state index in [-0.39, 0.29) is 31.0 Å². The molecular weight excluding hydrogens is 711 g/mol. The highest BCUT2D eigenvalue weighted by atomic mass is 19.4. The highest BCUT2D eigenvalue weighted by molar-refractivity contribution is 5.99. The van der Waals surface area contributed by atoms with Crippen LogP contribution in [0.2, 0.25) is 0 Å². The Morgan fingerprint density at radius 2 is 1.56 bits per heavy atom. The van der Waals surface area contributed by atoms with Crippen molar-refractivity contribution in [3.05, 3.63) is 113 Å². The monoisotopic (exact) mass is 757 g/mol. The van der Waals surface area contributed by atoms with Gasteiger partial charge in [-0.1, -0.05) is 91.4 Å². The number of nitrogens with zero attached hydrogens (tertiary/aromatic N) is 4. The standard InChI is InChI=1S/C42H46F3N5O5/c43-42(44,45)32-16-10-13-30(25-32)27-46-39(52)35(26-37(51)48-23-19-33(20-24-48)47-21-8-3-9-22-47)49-34(18-17-29-11-4-1-5-12-29)38(40(49)53)50-36(28-55-41(50)54)31-14-6-2-7-15-31/h1-2,4-7,10-18,25,33-36,38H,3,8-9,19-24,26-28H2,(H,46,52)/b18-17+/t34-,35+,36+,38+/m1/s1. The normalized spacial score (nSPS) is 23.1. The van der Waals surface area contributed by atoms with Crippen molar-refractivity contribution in [3.8, 4) is 0 Å². The lowest BCUT2D eigenvalue weighted by molar-refractivity contribution is -0.164. The summed E-state index contributed by atoms with van der Waals surface area (Å²) in [5, 5.41) is 2.72. The largest absolute Gasteiger partial charge is 0.447 e. The van der Waals surface area contributed by atoms with E-state index in [1.165, 1.54) is 41.2 Å². The van der Waals surface area contributed by atoms with Gasteiger partial charge in [0.2, 0.25) is 17.7 Å². The summed E-state index contributed by atoms with van der Waals surface area (Å²) in [6.45, 7) is 2.93. The summed E-state index contributed by atoms with van der Waals surface area (Å²) in [4.78, 5) is 63.1. The van der Waals surface area contributed by atoms with E-state index >= 15 is 0 Å². The predicted molar refractivity (Wildman–Crippen MR) is 199 cm³/mol. The first-order chi connectivity index (χ1) is 26.6. The number of ether oxygens (including phenoxy) is 1. The Hall–Kier alpha value is -5.17. The third kappa shape index (κ3) is 8.56. The van der Waals surface area contributed by atoms with Crippen LogP contribution in [0.1, 0.15) is 66.8 Å². The van der Waals surface area contributed by atoms with Crippen molar-refractivity contribution in [2.45, 2.75) is 81.5 Å². The summed E-state index contributed by atoms with van der Waals surface area (Å²) in [7, 11) is 0. The van der Waals surface area contributed by atoms with Gasteiger partial charge in [-0.15, -0.1) is 0 Å². The Morgan fingerprint density at radius 1 is 0.873 bits per heavy atom. The predicted octanol–water partition coefficient (Wildman–Crippen LogP) is 6.04. The lowest BCUT2D eigenvalue weighted by Crippen LogP contribution is -2.74. The van der Waals surface area contributed by atoms with Crippen molar-refractivity contribution in [2.75, 3.05) is 32.8 Å². The molecule has 7 rings (SSSR count). The molecule has 0 aromatic heterocycles. The molecular formula is C42H46F3N5O5. The maximum absolute atomic E-state index is 14.5. The lowest BCUT2D eigenvalue weighted by atomic mass is 9.87. The highest BCUT2D eigenvalue weighted by Gasteiger charge is 2.58. The van der Waals surface area contributed by atoms with Crippen molar-refractivity contribution in [3.63, 3.8) is 0 Å². The van der Waals surface area contributed by atoms with Gasteiger partial charge in [0.05, 0.1) is 24.1 Å². The molecule has 10 nitrogen and oxygen atoms in total. The maximum Gasteiger partial charge on any atom is 0.416 e. The second-order valence-corrected chi connectivity index (χ2v) is 14.7. The molecule has 3 aromatic rings. The van der Waals surface area contributed by atoms with Crippen LogP contribution in [0.4, 0.5) is 18.0 Å². The van der Waals surface area contributed by atoms with E-state index in [1.54, 1.807) is 17.1 Å². The Morgan fingerprint density at radius 3 is 2.25 bits per heavy atom. The number of nitrogens with one attached hydrogen (secondary N) is 1. The molecule has 4 amide bonds. The molecule has 13 heteroatoms. The number of cyclic esters (lactones) is 1. The minimum atomic E-state index is -4.57. The van der Waals surface area contributed by atoms with Crippen LogP contribution in [0.3, 0.4) is 0 Å². The van der Waals surface area contributed by atoms with Gasteiger partial charge in [0, 0.05) is 25.7 Å². The van der Waals surface area contributed by atoms with Gasteiger partial charge in [-0.05, 0) is 67.6 Å². The van der Waals surface area contributed by atoms with Crippen LogP contribution in [0.5, 0.6) is 0 Å². The molecule has 0 unspecified atom stereocenters. The summed E-state index contributed by atoms with van der Waals surface area (Å²) in [5.41, 5.74) is 0.967. The molecule has 1 N–H and O–H groups in total. The van der Waals surface area contributed by atoms with Gasteiger partial charge in [0.1, 0.15) is 18.7 Å². The Labute approximate surface area is 318 Å². The fraction of sp³-hybridized carbons (Fsp3) is 0.429. The smallest absolute Gasteiger partial charge is 0.416 e. The van der Waals surface area contributed by atoms with Crippen molar-refractivity contribution in [1.82, 2.24) is 24.9 Å². The number of alkyl halides is 3. The number of likely N-dealkylation sites (tertiary alicyclic amines) is 3. The third-order valence-electron chi connectivity index (χ3n) is 11.3. The molecule has 4 heterocycles. The molecule has 0 aliphatic carbocycles. The molecule has 290 valence electrons. The number of carbonyl (C=O) groups is 4. The van der Waals surface area contributed by atoms with E-state index in [1.807, 2.05) is 60.7 Å². The molecule has 0 saturated carbocycles. The van der Waals surface area contributed by atoms with Crippen molar-refractivity contribution in [2.24, 2.45) is 0 Å². The molecule has 0 spiro atoms. The van der Waals surface area contributed by atoms with Crippen LogP contribution >= 0.6 is 0 Å². The van der Waals surface area contributed by atoms with Crippen LogP contribution in [-0.4, -0.2) is 100 Å². The molecule has 4 aliphatic heterocycles. The molecule has 55 heavy (non-hydrogen) atoms. The molecule has 4 fully saturated rings. The van der Waals surface area contributed by atoms with E-state index in [0.29, 0.717) is 19.1 Å². The second kappa shape index (κ2) is 16.7. The number of carbonyl (C=O) groups excluding carboxylic acids is 4. The Bertz CT molecular complexity index is 1860. The first-order valence-corrected chi connectivity index (χ1v) is 19.1. The van der Waals surface area contributed by atoms with Gasteiger partial charge >= 0.3 is 12.3 Å². The van der Waals surface area contributed by atoms with Gasteiger partial charge in [0.15, 0.2) is 0 Å². The van der Waals surface area contributed by atoms with Crippen LogP contribution in [0.15, 0.2) is 91.0 Å². The van der Waals surface area contributed by atoms with Gasteiger partial charge in [-0.2, -0.15) is 13.2 Å². The van der Waals surface area contributed by atoms with Crippen molar-refractivity contribution in [1.29, 1.82) is 0 Å². The van der Waals surface area contributed by atoms with E-state index in [4.69, 9.17) is 4.74 Å². The molecule has 4 atom stereocenters. The van der Waals surface area contributed by atoms with E-state index < -0.39 is 53.8 Å². The zero-order valence-corrected chi connectivity index (χ0v) is 30.6. The quantitative estimate of drug-likeness (QED) is 0.240. The van der Waals surface area contributed by atoms with E-state index in [2.05, 4.69) is 10.2 Å². The van der Waals surface area contributed by atoms with Crippen LogP contribution in [0, 0.1) is 0 Å². The summed E-state index contributed by atoms with van der Waals surface area (Å²) < 4.78 is 46.0. The Kier molecular flexibility index (Phi) is 11.6. The summed E-state index contributed by atoms with van der Waals surface area (Å²) >= 11 is 0. The fourth-order valence-electron chi connectivity index (χ4n) is 8.34. The summed E-state index contributed by atoms with van der Waals surface area (Å²) in [6.07, 6.45) is 3.19. The number of hydrogen-bond donors (Lipinski definition) is 1. The maximum atomic E-state index is 14.5. The summed E-state index contributed by atoms with van der Waals surface area (Å²) in [5.74, 6) is -1.50. The molecule has 3 aromatic carbocycles. The SMILES string of the molecule is O=C(NCc1cccc(C(F)(F)F)c1)[C@H](CC(=O)N1CCC(N2CCCCC2)CC1)N1C(=O)[C@@H](N2C(=O)OC[C@H]2c2ccccc2)[C@H]1/C=C/c1ccccc1. The molecule has 4 aliphatic rings. The number of β-lactam (4-membered cyclic amide) rings is 1. The second-order valence-electron chi connectivity index (χ2n) is 14.7. The van der Waals surface area contributed by atoms with E-state index in [0.717, 1.165) is 49.2 Å². The molecule has 0 radical (unpaired) electrons. The van der Waals surface area contributed by atoms with Gasteiger partial charge < -0.3 is 24.8 Å². The molecule has 0 bridgehead atoms. The zero-order chi connectivity index (χ0) is 38.5. The first-order valence-electron chi connectivity index (χ1n) is 19.1. The first kappa shape index (κ1) is 38.1. The number of amides is 4. The Balaban J connectivity index is 1.16. The number of benzene rings is 3. The van der Waals surface area contributed by atoms with Crippen LogP contribution < -0.4 is 5.32 Å². The zero-order valence-electron chi connectivity index (χ0n) is 30.6. The van der Waals surface area contributed by atoms with Crippen molar-refractivity contribution < 1.29 is 37.1 Å². The lowest BCUT2D eigenvalue weighted by Gasteiger charge is -2.52. The topological polar surface area (TPSA) is 103 Å². The minimum absolute atomic E-state index is 0.0362. The van der Waals surface area contributed by atoms with Gasteiger partial charge in [0.25, 0.3) is 0 Å². The third-order valence-corrected chi connectivity index (χ3v) is 11.3. The van der Waals surface area contributed by atoms with Gasteiger partial charge in [-0.3, -0.25) is 19.3 Å². The number of piperidine rings is 2. The minimum Gasteiger partial charge on any atom is -0.447 e. The van der Waals surface area contributed by atoms with Crippen molar-refractivity contribution >= 4 is 29.9 Å². The van der Waals surface area contributed by atoms with E-state index in [9.17, 15) is 32.3 Å². The van der Waals surface area contributed by atoms with Gasteiger partial charge in [-0.25, -0.2) is 4.79 Å². The average molecular weight is 758 g/mol. The van der Waals surface area contributed by atoms with Crippen LogP contribution in [0.25, 0.3) is 6.08 Å². The molecule has 4 saturated heterocycles. The fourth-order valence-corrected chi connectivity index (χ4v) is 8.34. The number of rotatable bonds is 11.